The molecule has 3 aromatic rings. The van der Waals surface area contributed by atoms with Gasteiger partial charge < -0.3 is 10.6 Å². The van der Waals surface area contributed by atoms with E-state index >= 15 is 0 Å². The molecule has 8 nitrogen and oxygen atoms in total. The number of carbonyl (C=O) groups excluding carboxylic acids is 2. The number of amides is 2. The Hall–Kier alpha value is -3.68. The minimum absolute atomic E-state index is 0.0362. The third-order valence-corrected chi connectivity index (χ3v) is 4.79. The molecule has 1 aliphatic carbocycles. The van der Waals surface area contributed by atoms with Gasteiger partial charge >= 0.3 is 5.69 Å². The van der Waals surface area contributed by atoms with Crippen molar-refractivity contribution in [3.05, 3.63) is 74.9 Å². The second kappa shape index (κ2) is 7.75. The zero-order chi connectivity index (χ0) is 20.4. The Kier molecular flexibility index (Phi) is 4.99. The number of hydrogen-bond donors (Lipinski definition) is 3. The summed E-state index contributed by atoms with van der Waals surface area (Å²) in [6, 6.07) is 13.7. The Morgan fingerprint density at radius 1 is 1.07 bits per heavy atom. The number of aromatic amines is 1. The molecule has 1 saturated carbocycles. The molecule has 148 valence electrons. The third-order valence-electron chi connectivity index (χ3n) is 4.79. The van der Waals surface area contributed by atoms with Gasteiger partial charge in [0.1, 0.15) is 0 Å². The van der Waals surface area contributed by atoms with Gasteiger partial charge in [0.25, 0.3) is 11.5 Å². The summed E-state index contributed by atoms with van der Waals surface area (Å²) in [5.74, 6) is -0.457. The Morgan fingerprint density at radius 2 is 1.86 bits per heavy atom. The zero-order valence-electron chi connectivity index (χ0n) is 15.6. The number of aromatic nitrogens is 2. The molecule has 0 saturated heterocycles. The second-order valence-electron chi connectivity index (χ2n) is 7.05. The minimum Gasteiger partial charge on any atom is -0.349 e. The molecule has 3 N–H and O–H groups in total. The van der Waals surface area contributed by atoms with E-state index in [1.165, 1.54) is 4.57 Å². The molecule has 0 unspecified atom stereocenters. The number of aryl methyl sites for hydroxylation is 1. The first-order valence-electron chi connectivity index (χ1n) is 9.44. The first-order valence-corrected chi connectivity index (χ1v) is 9.44. The Labute approximate surface area is 165 Å². The van der Waals surface area contributed by atoms with Crippen LogP contribution in [-0.4, -0.2) is 27.4 Å². The van der Waals surface area contributed by atoms with Crippen molar-refractivity contribution in [3.8, 4) is 0 Å². The Morgan fingerprint density at radius 3 is 2.66 bits per heavy atom. The van der Waals surface area contributed by atoms with Crippen LogP contribution in [0.4, 0.5) is 5.69 Å². The SMILES string of the molecule is O=C(CCn1c(=O)[nH]c(=O)c2ccccc21)Nc1cccc(C(=O)NC2CC2)c1. The zero-order valence-corrected chi connectivity index (χ0v) is 15.6. The van der Waals surface area contributed by atoms with E-state index in [0.717, 1.165) is 12.8 Å². The second-order valence-corrected chi connectivity index (χ2v) is 7.05. The van der Waals surface area contributed by atoms with E-state index in [2.05, 4.69) is 15.6 Å². The fraction of sp³-hybridized carbons (Fsp3) is 0.238. The number of nitrogens with zero attached hydrogens (tertiary/aromatic N) is 1. The normalized spacial score (nSPS) is 13.2. The van der Waals surface area contributed by atoms with Crippen LogP contribution in [0.2, 0.25) is 0 Å². The summed E-state index contributed by atoms with van der Waals surface area (Å²) in [6.45, 7) is 0.115. The van der Waals surface area contributed by atoms with Gasteiger partial charge in [0.15, 0.2) is 0 Å². The molecule has 1 fully saturated rings. The van der Waals surface area contributed by atoms with Crippen molar-refractivity contribution in [2.24, 2.45) is 0 Å². The van der Waals surface area contributed by atoms with E-state index in [1.54, 1.807) is 48.5 Å². The molecule has 4 rings (SSSR count). The number of anilines is 1. The molecule has 29 heavy (non-hydrogen) atoms. The molecule has 0 radical (unpaired) electrons. The highest BCUT2D eigenvalue weighted by Crippen LogP contribution is 2.20. The van der Waals surface area contributed by atoms with Gasteiger partial charge in [-0.1, -0.05) is 18.2 Å². The maximum Gasteiger partial charge on any atom is 0.328 e. The third kappa shape index (κ3) is 4.26. The number of H-pyrrole nitrogens is 1. The maximum absolute atomic E-state index is 12.4. The lowest BCUT2D eigenvalue weighted by atomic mass is 10.2. The molecule has 2 amide bonds. The highest BCUT2D eigenvalue weighted by Gasteiger charge is 2.23. The molecule has 0 aliphatic heterocycles. The summed E-state index contributed by atoms with van der Waals surface area (Å²) in [4.78, 5) is 50.9. The van der Waals surface area contributed by atoms with Crippen molar-refractivity contribution in [1.29, 1.82) is 0 Å². The molecular formula is C21H20N4O4. The molecule has 0 atom stereocenters. The molecule has 2 aromatic carbocycles. The molecule has 0 bridgehead atoms. The van der Waals surface area contributed by atoms with Gasteiger partial charge in [0.2, 0.25) is 5.91 Å². The van der Waals surface area contributed by atoms with Crippen LogP contribution >= 0.6 is 0 Å². The number of para-hydroxylation sites is 1. The van der Waals surface area contributed by atoms with Crippen LogP contribution in [0.15, 0.2) is 58.1 Å². The van der Waals surface area contributed by atoms with Gasteiger partial charge in [-0.3, -0.25) is 23.9 Å². The fourth-order valence-electron chi connectivity index (χ4n) is 3.14. The van der Waals surface area contributed by atoms with Gasteiger partial charge in [-0.2, -0.15) is 0 Å². The lowest BCUT2D eigenvalue weighted by Crippen LogP contribution is -2.31. The summed E-state index contributed by atoms with van der Waals surface area (Å²) < 4.78 is 1.37. The number of rotatable bonds is 6. The molecular weight excluding hydrogens is 372 g/mol. The van der Waals surface area contributed by atoms with Crippen LogP contribution in [0.5, 0.6) is 0 Å². The largest absolute Gasteiger partial charge is 0.349 e. The quantitative estimate of drug-likeness (QED) is 0.591. The van der Waals surface area contributed by atoms with Crippen LogP contribution in [0.25, 0.3) is 10.9 Å². The first kappa shape index (κ1) is 18.7. The number of fused-ring (bicyclic) bond motifs is 1. The van der Waals surface area contributed by atoms with Crippen molar-refractivity contribution >= 4 is 28.4 Å². The predicted molar refractivity (Wildman–Crippen MR) is 109 cm³/mol. The average molecular weight is 392 g/mol. The van der Waals surface area contributed by atoms with Crippen molar-refractivity contribution in [2.45, 2.75) is 31.8 Å². The van der Waals surface area contributed by atoms with E-state index in [1.807, 2.05) is 0 Å². The molecule has 1 heterocycles. The van der Waals surface area contributed by atoms with E-state index in [0.29, 0.717) is 22.2 Å². The van der Waals surface area contributed by atoms with Crippen molar-refractivity contribution in [1.82, 2.24) is 14.9 Å². The van der Waals surface area contributed by atoms with Crippen LogP contribution < -0.4 is 21.9 Å². The maximum atomic E-state index is 12.4. The number of nitrogens with one attached hydrogen (secondary N) is 3. The number of carbonyl (C=O) groups is 2. The predicted octanol–water partition coefficient (Wildman–Crippen LogP) is 1.61. The fourth-order valence-corrected chi connectivity index (χ4v) is 3.14. The number of hydrogen-bond acceptors (Lipinski definition) is 4. The Balaban J connectivity index is 1.45. The molecule has 1 aromatic heterocycles. The summed E-state index contributed by atoms with van der Waals surface area (Å²) in [6.07, 6.45) is 2.04. The van der Waals surface area contributed by atoms with Crippen molar-refractivity contribution in [2.75, 3.05) is 5.32 Å². The van der Waals surface area contributed by atoms with E-state index in [-0.39, 0.29) is 30.8 Å². The van der Waals surface area contributed by atoms with E-state index in [4.69, 9.17) is 0 Å². The first-order chi connectivity index (χ1) is 14.0. The summed E-state index contributed by atoms with van der Waals surface area (Å²) in [7, 11) is 0. The lowest BCUT2D eigenvalue weighted by molar-refractivity contribution is -0.116. The summed E-state index contributed by atoms with van der Waals surface area (Å²) in [5, 5.41) is 6.05. The van der Waals surface area contributed by atoms with Gasteiger partial charge in [-0.05, 0) is 43.2 Å². The monoisotopic (exact) mass is 392 g/mol. The van der Waals surface area contributed by atoms with Crippen molar-refractivity contribution in [3.63, 3.8) is 0 Å². The van der Waals surface area contributed by atoms with Crippen LogP contribution in [0, 0.1) is 0 Å². The van der Waals surface area contributed by atoms with Gasteiger partial charge in [-0.25, -0.2) is 4.79 Å². The molecule has 8 heteroatoms. The summed E-state index contributed by atoms with van der Waals surface area (Å²) in [5.41, 5.74) is 0.468. The molecule has 0 spiro atoms. The highest BCUT2D eigenvalue weighted by molar-refractivity contribution is 5.97. The van der Waals surface area contributed by atoms with Crippen LogP contribution in [-0.2, 0) is 11.3 Å². The van der Waals surface area contributed by atoms with Crippen molar-refractivity contribution < 1.29 is 9.59 Å². The minimum atomic E-state index is -0.555. The van der Waals surface area contributed by atoms with Gasteiger partial charge in [0, 0.05) is 30.3 Å². The topological polar surface area (TPSA) is 113 Å². The smallest absolute Gasteiger partial charge is 0.328 e. The van der Waals surface area contributed by atoms with E-state index < -0.39 is 11.2 Å². The van der Waals surface area contributed by atoms with E-state index in [9.17, 15) is 19.2 Å². The van der Waals surface area contributed by atoms with Gasteiger partial charge in [-0.15, -0.1) is 0 Å². The standard InChI is InChI=1S/C21H20N4O4/c26-18(22-15-5-3-4-13(12-15)19(27)23-14-8-9-14)10-11-25-17-7-2-1-6-16(17)20(28)24-21(25)29/h1-7,12,14H,8-11H2,(H,22,26)(H,23,27)(H,24,28,29). The Bertz CT molecular complexity index is 1210. The molecule has 1 aliphatic rings. The van der Waals surface area contributed by atoms with Crippen LogP contribution in [0.3, 0.4) is 0 Å². The lowest BCUT2D eigenvalue weighted by Gasteiger charge is -2.10. The summed E-state index contributed by atoms with van der Waals surface area (Å²) >= 11 is 0. The number of benzene rings is 2. The average Bonchev–Trinajstić information content (AvgIpc) is 3.52. The van der Waals surface area contributed by atoms with Gasteiger partial charge in [0.05, 0.1) is 10.9 Å². The van der Waals surface area contributed by atoms with Crippen LogP contribution in [0.1, 0.15) is 29.6 Å². The highest BCUT2D eigenvalue weighted by atomic mass is 16.2.